The molecule has 0 radical (unpaired) electrons. The van der Waals surface area contributed by atoms with Gasteiger partial charge >= 0.3 is 0 Å². The number of amides is 2. The Morgan fingerprint density at radius 1 is 1.04 bits per heavy atom. The van der Waals surface area contributed by atoms with Crippen molar-refractivity contribution < 1.29 is 14.0 Å². The van der Waals surface area contributed by atoms with Crippen LogP contribution in [0.1, 0.15) is 10.6 Å². The Morgan fingerprint density at radius 3 is 2.43 bits per heavy atom. The highest BCUT2D eigenvalue weighted by Gasteiger charge is 2.40. The molecule has 7 heteroatoms. The monoisotopic (exact) mass is 410 g/mol. The van der Waals surface area contributed by atoms with Crippen LogP contribution in [-0.4, -0.2) is 25.9 Å². The molecule has 28 heavy (non-hydrogen) atoms. The van der Waals surface area contributed by atoms with Gasteiger partial charge in [0.05, 0.1) is 28.2 Å². The van der Waals surface area contributed by atoms with Crippen LogP contribution < -0.4 is 9.80 Å². The minimum atomic E-state index is -0.289. The van der Waals surface area contributed by atoms with Gasteiger partial charge in [-0.1, -0.05) is 6.07 Å². The second-order valence-electron chi connectivity index (χ2n) is 6.41. The molecule has 0 saturated carbocycles. The highest BCUT2D eigenvalue weighted by atomic mass is 32.2. The number of hydrogen-bond acceptors (Lipinski definition) is 6. The number of carbonyl (C=O) groups excluding carboxylic acids is 2. The van der Waals surface area contributed by atoms with E-state index in [0.717, 1.165) is 16.3 Å². The molecule has 2 aromatic heterocycles. The van der Waals surface area contributed by atoms with E-state index in [2.05, 4.69) is 0 Å². The molecule has 2 amide bonds. The molecule has 142 valence electrons. The van der Waals surface area contributed by atoms with Crippen molar-refractivity contribution in [3.05, 3.63) is 75.7 Å². The van der Waals surface area contributed by atoms with Crippen molar-refractivity contribution >= 4 is 51.9 Å². The largest absolute Gasteiger partial charge is 0.468 e. The van der Waals surface area contributed by atoms with Crippen LogP contribution in [0.15, 0.2) is 69.5 Å². The summed E-state index contributed by atoms with van der Waals surface area (Å²) in [6.45, 7) is 0. The molecule has 1 aliphatic heterocycles. The van der Waals surface area contributed by atoms with Crippen molar-refractivity contribution in [1.29, 1.82) is 0 Å². The van der Waals surface area contributed by atoms with Gasteiger partial charge in [-0.2, -0.15) is 0 Å². The van der Waals surface area contributed by atoms with Gasteiger partial charge in [-0.15, -0.1) is 23.1 Å². The van der Waals surface area contributed by atoms with Gasteiger partial charge in [0.2, 0.25) is 0 Å². The van der Waals surface area contributed by atoms with Crippen molar-refractivity contribution in [2.45, 2.75) is 5.75 Å². The number of anilines is 2. The summed E-state index contributed by atoms with van der Waals surface area (Å²) in [5.41, 5.74) is 2.04. The Bertz CT molecular complexity index is 1020. The smallest absolute Gasteiger partial charge is 0.272 e. The zero-order valence-corrected chi connectivity index (χ0v) is 17.0. The van der Waals surface area contributed by atoms with Crippen molar-refractivity contribution in [2.24, 2.45) is 0 Å². The lowest BCUT2D eigenvalue weighted by Crippen LogP contribution is -2.31. The Morgan fingerprint density at radius 2 is 1.82 bits per heavy atom. The predicted molar refractivity (Wildman–Crippen MR) is 115 cm³/mol. The first-order valence-corrected chi connectivity index (χ1v) is 10.5. The molecular formula is C21H18N2O3S2. The Balaban J connectivity index is 1.68. The molecule has 0 atom stereocenters. The molecule has 0 saturated heterocycles. The number of carbonyl (C=O) groups is 2. The zero-order chi connectivity index (χ0) is 19.7. The lowest BCUT2D eigenvalue weighted by Gasteiger charge is -2.17. The summed E-state index contributed by atoms with van der Waals surface area (Å²) in [5, 5.41) is 1.91. The highest BCUT2D eigenvalue weighted by Crippen LogP contribution is 2.41. The van der Waals surface area contributed by atoms with Crippen LogP contribution in [0.2, 0.25) is 0 Å². The molecule has 0 spiro atoms. The number of imide groups is 1. The van der Waals surface area contributed by atoms with Crippen LogP contribution in [0.3, 0.4) is 0 Å². The molecule has 0 fully saturated rings. The molecule has 0 unspecified atom stereocenters. The fraction of sp³-hybridized carbons (Fsp3) is 0.143. The summed E-state index contributed by atoms with van der Waals surface area (Å²) in [6.07, 6.45) is 1.60. The number of thioether (sulfide) groups is 1. The average Bonchev–Trinajstić information content (AvgIpc) is 3.42. The Hall–Kier alpha value is -2.77. The van der Waals surface area contributed by atoms with Gasteiger partial charge in [0.15, 0.2) is 0 Å². The molecule has 5 nitrogen and oxygen atoms in total. The van der Waals surface area contributed by atoms with Gasteiger partial charge in [0, 0.05) is 24.7 Å². The lowest BCUT2D eigenvalue weighted by atomic mass is 10.2. The first-order valence-electron chi connectivity index (χ1n) is 8.66. The van der Waals surface area contributed by atoms with Crippen LogP contribution in [0.4, 0.5) is 11.4 Å². The van der Waals surface area contributed by atoms with Gasteiger partial charge < -0.3 is 9.32 Å². The van der Waals surface area contributed by atoms with E-state index in [9.17, 15) is 9.59 Å². The van der Waals surface area contributed by atoms with Gasteiger partial charge in [-0.3, -0.25) is 9.59 Å². The SMILES string of the molecule is CN(C)c1ccc(N2C(=O)C(SCc3ccco3)=C(c3cccs3)C2=O)cc1. The third-order valence-corrected chi connectivity index (χ3v) is 6.36. The summed E-state index contributed by atoms with van der Waals surface area (Å²) in [7, 11) is 3.89. The molecule has 0 aliphatic carbocycles. The van der Waals surface area contributed by atoms with Crippen LogP contribution in [0, 0.1) is 0 Å². The number of thiophene rings is 1. The van der Waals surface area contributed by atoms with E-state index in [0.29, 0.717) is 21.9 Å². The average molecular weight is 411 g/mol. The van der Waals surface area contributed by atoms with Gasteiger partial charge in [-0.05, 0) is 47.8 Å². The summed E-state index contributed by atoms with van der Waals surface area (Å²) in [5.74, 6) is 0.676. The molecule has 0 N–H and O–H groups in total. The maximum atomic E-state index is 13.2. The van der Waals surface area contributed by atoms with Crippen LogP contribution in [-0.2, 0) is 15.3 Å². The van der Waals surface area contributed by atoms with E-state index in [1.807, 2.05) is 60.8 Å². The maximum Gasteiger partial charge on any atom is 0.272 e. The normalized spacial score (nSPS) is 14.3. The number of benzene rings is 1. The Labute approximate surface area is 171 Å². The van der Waals surface area contributed by atoms with E-state index in [1.54, 1.807) is 18.4 Å². The fourth-order valence-electron chi connectivity index (χ4n) is 2.95. The Kier molecular flexibility index (Phi) is 5.11. The van der Waals surface area contributed by atoms with E-state index in [-0.39, 0.29) is 11.8 Å². The number of rotatable bonds is 6. The molecule has 1 aliphatic rings. The summed E-state index contributed by atoms with van der Waals surface area (Å²) >= 11 is 2.79. The first kappa shape index (κ1) is 18.6. The highest BCUT2D eigenvalue weighted by molar-refractivity contribution is 8.03. The van der Waals surface area contributed by atoms with Gasteiger partial charge in [-0.25, -0.2) is 4.90 Å². The van der Waals surface area contributed by atoms with E-state index < -0.39 is 0 Å². The first-order chi connectivity index (χ1) is 13.6. The van der Waals surface area contributed by atoms with Crippen LogP contribution >= 0.6 is 23.1 Å². The van der Waals surface area contributed by atoms with Gasteiger partial charge in [0.1, 0.15) is 5.76 Å². The van der Waals surface area contributed by atoms with E-state index in [4.69, 9.17) is 4.42 Å². The van der Waals surface area contributed by atoms with E-state index >= 15 is 0 Å². The number of furan rings is 1. The fourth-order valence-corrected chi connectivity index (χ4v) is 4.79. The third-order valence-electron chi connectivity index (χ3n) is 4.37. The quantitative estimate of drug-likeness (QED) is 0.555. The minimum Gasteiger partial charge on any atom is -0.468 e. The molecule has 3 aromatic rings. The van der Waals surface area contributed by atoms with Crippen LogP contribution in [0.25, 0.3) is 5.57 Å². The molecule has 0 bridgehead atoms. The second-order valence-corrected chi connectivity index (χ2v) is 8.34. The standard InChI is InChI=1S/C21H18N2O3S2/c1-22(2)14-7-9-15(10-8-14)23-20(24)18(17-6-4-12-27-17)19(21(23)25)28-13-16-5-3-11-26-16/h3-12H,13H2,1-2H3. The molecule has 4 rings (SSSR count). The van der Waals surface area contributed by atoms with Crippen molar-refractivity contribution in [1.82, 2.24) is 0 Å². The summed E-state index contributed by atoms with van der Waals surface area (Å²) in [6, 6.07) is 14.8. The van der Waals surface area contributed by atoms with Crippen molar-refractivity contribution in [2.75, 3.05) is 23.9 Å². The minimum absolute atomic E-state index is 0.285. The maximum absolute atomic E-state index is 13.2. The third kappa shape index (κ3) is 3.39. The van der Waals surface area contributed by atoms with Crippen molar-refractivity contribution in [3.8, 4) is 0 Å². The lowest BCUT2D eigenvalue weighted by molar-refractivity contribution is -0.119. The van der Waals surface area contributed by atoms with E-state index in [1.165, 1.54) is 28.0 Å². The molecule has 1 aromatic carbocycles. The second kappa shape index (κ2) is 7.69. The predicted octanol–water partition coefficient (Wildman–Crippen LogP) is 4.63. The zero-order valence-electron chi connectivity index (χ0n) is 15.4. The molecule has 3 heterocycles. The topological polar surface area (TPSA) is 53.8 Å². The number of hydrogen-bond donors (Lipinski definition) is 0. The molecular weight excluding hydrogens is 392 g/mol. The summed E-state index contributed by atoms with van der Waals surface area (Å²) in [4.78, 5) is 30.9. The summed E-state index contributed by atoms with van der Waals surface area (Å²) < 4.78 is 5.37. The van der Waals surface area contributed by atoms with Crippen molar-refractivity contribution in [3.63, 3.8) is 0 Å². The number of nitrogens with zero attached hydrogens (tertiary/aromatic N) is 2. The van der Waals surface area contributed by atoms with Crippen LogP contribution in [0.5, 0.6) is 0 Å². The van der Waals surface area contributed by atoms with Gasteiger partial charge in [0.25, 0.3) is 11.8 Å².